The number of unbranched alkanes of at least 4 members (excludes halogenated alkanes) is 7. The largest absolute Gasteiger partial charge is 0.493 e. The third-order valence-electron chi connectivity index (χ3n) is 7.11. The molecule has 0 amide bonds. The molecule has 0 spiro atoms. The van der Waals surface area contributed by atoms with E-state index in [2.05, 4.69) is 20.4 Å². The Hall–Kier alpha value is -3.48. The smallest absolute Gasteiger partial charge is 0.343 e. The summed E-state index contributed by atoms with van der Waals surface area (Å²) < 4.78 is 22.5. The van der Waals surface area contributed by atoms with Crippen molar-refractivity contribution in [3.8, 4) is 23.0 Å². The summed E-state index contributed by atoms with van der Waals surface area (Å²) in [5.41, 5.74) is 0.454. The maximum Gasteiger partial charge on any atom is 0.343 e. The van der Waals surface area contributed by atoms with Gasteiger partial charge >= 0.3 is 11.9 Å². The molecule has 0 saturated heterocycles. The predicted molar refractivity (Wildman–Crippen MR) is 177 cm³/mol. The zero-order valence-corrected chi connectivity index (χ0v) is 27.1. The van der Waals surface area contributed by atoms with Gasteiger partial charge in [0.25, 0.3) is 0 Å². The summed E-state index contributed by atoms with van der Waals surface area (Å²) in [6, 6.07) is 15.9. The summed E-state index contributed by atoms with van der Waals surface area (Å²) in [6.45, 7) is 9.16. The highest BCUT2D eigenvalue weighted by Gasteiger charge is 2.17. The lowest BCUT2D eigenvalue weighted by atomic mass is 10.1. The maximum atomic E-state index is 12.8. The molecule has 6 nitrogen and oxygen atoms in total. The number of carbonyl (C=O) groups is 2. The summed E-state index contributed by atoms with van der Waals surface area (Å²) in [7, 11) is 0. The van der Waals surface area contributed by atoms with Crippen LogP contribution in [-0.4, -0.2) is 25.2 Å². The first kappa shape index (κ1) is 35.0. The first-order valence-corrected chi connectivity index (χ1v) is 16.1. The van der Waals surface area contributed by atoms with Crippen molar-refractivity contribution in [1.29, 1.82) is 0 Å². The first-order chi connectivity index (χ1) is 21.3. The number of ether oxygens (including phenoxy) is 4. The Morgan fingerprint density at radius 1 is 0.727 bits per heavy atom. The van der Waals surface area contributed by atoms with Crippen LogP contribution >= 0.6 is 23.2 Å². The van der Waals surface area contributed by atoms with E-state index in [1.165, 1.54) is 56.4 Å². The summed E-state index contributed by atoms with van der Waals surface area (Å²) in [5.74, 6) is 0.908. The third-order valence-corrected chi connectivity index (χ3v) is 7.70. The van der Waals surface area contributed by atoms with E-state index in [9.17, 15) is 9.59 Å². The fourth-order valence-corrected chi connectivity index (χ4v) is 4.65. The molecule has 0 saturated carbocycles. The normalized spacial score (nSPS) is 11.5. The van der Waals surface area contributed by atoms with Crippen molar-refractivity contribution in [2.75, 3.05) is 13.2 Å². The van der Waals surface area contributed by atoms with Crippen molar-refractivity contribution in [3.63, 3.8) is 0 Å². The molecular weight excluding hydrogens is 599 g/mol. The molecule has 3 rings (SSSR count). The van der Waals surface area contributed by atoms with Crippen molar-refractivity contribution in [1.82, 2.24) is 0 Å². The van der Waals surface area contributed by atoms with Gasteiger partial charge in [0.15, 0.2) is 0 Å². The van der Waals surface area contributed by atoms with Crippen molar-refractivity contribution in [2.45, 2.75) is 71.6 Å². The second kappa shape index (κ2) is 19.0. The van der Waals surface area contributed by atoms with E-state index in [1.54, 1.807) is 36.4 Å². The van der Waals surface area contributed by atoms with E-state index in [-0.39, 0.29) is 21.9 Å². The number of hydrogen-bond donors (Lipinski definition) is 0. The lowest BCUT2D eigenvalue weighted by molar-refractivity contribution is 0.0730. The van der Waals surface area contributed by atoms with Gasteiger partial charge in [0.05, 0.1) is 34.4 Å². The van der Waals surface area contributed by atoms with Gasteiger partial charge in [0, 0.05) is 0 Å². The quantitative estimate of drug-likeness (QED) is 0.0561. The van der Waals surface area contributed by atoms with Crippen LogP contribution in [0.5, 0.6) is 23.0 Å². The standard InChI is InChI=1S/C36H42Cl2O6/c1-4-6-7-8-9-10-11-12-13-22-41-33-20-14-28(23-31(33)37)36(40)44-34-21-15-27(24-32(34)38)35(39)43-30-18-16-29(17-19-30)42-25-26(3)5-2/h4,14-21,23-24,26H,1,5-13,22,25H2,2-3H3. The van der Waals surface area contributed by atoms with Crippen LogP contribution in [0.15, 0.2) is 73.3 Å². The van der Waals surface area contributed by atoms with E-state index >= 15 is 0 Å². The number of halogens is 2. The first-order valence-electron chi connectivity index (χ1n) is 15.3. The van der Waals surface area contributed by atoms with Crippen LogP contribution in [0.25, 0.3) is 0 Å². The van der Waals surface area contributed by atoms with Crippen molar-refractivity contribution >= 4 is 35.1 Å². The second-order valence-corrected chi connectivity index (χ2v) is 11.6. The summed E-state index contributed by atoms with van der Waals surface area (Å²) >= 11 is 12.7. The highest BCUT2D eigenvalue weighted by Crippen LogP contribution is 2.30. The number of benzene rings is 3. The molecule has 3 aromatic rings. The Labute approximate surface area is 271 Å². The summed E-state index contributed by atoms with van der Waals surface area (Å²) in [5, 5.41) is 0.408. The van der Waals surface area contributed by atoms with Crippen LogP contribution in [0.2, 0.25) is 10.0 Å². The molecule has 0 heterocycles. The van der Waals surface area contributed by atoms with E-state index in [0.29, 0.717) is 41.4 Å². The minimum atomic E-state index is -0.639. The molecule has 0 radical (unpaired) electrons. The number of hydrogen-bond acceptors (Lipinski definition) is 6. The van der Waals surface area contributed by atoms with Crippen molar-refractivity contribution in [2.24, 2.45) is 5.92 Å². The zero-order chi connectivity index (χ0) is 31.7. The Kier molecular flexibility index (Phi) is 15.1. The number of rotatable bonds is 19. The topological polar surface area (TPSA) is 71.1 Å². The zero-order valence-electron chi connectivity index (χ0n) is 25.6. The lowest BCUT2D eigenvalue weighted by Gasteiger charge is -2.12. The number of esters is 2. The number of carbonyl (C=O) groups excluding carboxylic acids is 2. The molecule has 0 N–H and O–H groups in total. The monoisotopic (exact) mass is 640 g/mol. The molecule has 0 fully saturated rings. The Balaban J connectivity index is 1.45. The van der Waals surface area contributed by atoms with Gasteiger partial charge in [0.2, 0.25) is 0 Å². The molecule has 44 heavy (non-hydrogen) atoms. The summed E-state index contributed by atoms with van der Waals surface area (Å²) in [4.78, 5) is 25.4. The molecule has 0 bridgehead atoms. The fourth-order valence-electron chi connectivity index (χ4n) is 4.20. The van der Waals surface area contributed by atoms with Gasteiger partial charge in [-0.15, -0.1) is 6.58 Å². The van der Waals surface area contributed by atoms with Crippen LogP contribution in [0.4, 0.5) is 0 Å². The average Bonchev–Trinajstić information content (AvgIpc) is 3.02. The Morgan fingerprint density at radius 2 is 1.27 bits per heavy atom. The van der Waals surface area contributed by atoms with Crippen molar-refractivity contribution < 1.29 is 28.5 Å². The highest BCUT2D eigenvalue weighted by molar-refractivity contribution is 6.33. The van der Waals surface area contributed by atoms with Crippen LogP contribution < -0.4 is 18.9 Å². The molecular formula is C36H42Cl2O6. The van der Waals surface area contributed by atoms with Gasteiger partial charge in [0.1, 0.15) is 23.0 Å². The van der Waals surface area contributed by atoms with Crippen LogP contribution in [0, 0.1) is 5.92 Å². The lowest BCUT2D eigenvalue weighted by Crippen LogP contribution is -2.11. The minimum absolute atomic E-state index is 0.0874. The van der Waals surface area contributed by atoms with E-state index < -0.39 is 11.9 Å². The van der Waals surface area contributed by atoms with E-state index in [1.807, 2.05) is 6.08 Å². The maximum absolute atomic E-state index is 12.8. The molecule has 236 valence electrons. The second-order valence-electron chi connectivity index (χ2n) is 10.8. The van der Waals surface area contributed by atoms with E-state index in [4.69, 9.17) is 42.1 Å². The molecule has 8 heteroatoms. The third kappa shape index (κ3) is 11.9. The molecule has 1 unspecified atom stereocenters. The Bertz CT molecular complexity index is 1360. The van der Waals surface area contributed by atoms with Crippen LogP contribution in [0.3, 0.4) is 0 Å². The van der Waals surface area contributed by atoms with Gasteiger partial charge in [-0.1, -0.05) is 81.7 Å². The molecule has 0 aliphatic carbocycles. The number of allylic oxidation sites excluding steroid dienone is 1. The molecule has 0 aromatic heterocycles. The predicted octanol–water partition coefficient (Wildman–Crippen LogP) is 10.5. The van der Waals surface area contributed by atoms with Crippen LogP contribution in [-0.2, 0) is 0 Å². The SMILES string of the molecule is C=CCCCCCCCCCOc1ccc(C(=O)Oc2ccc(C(=O)Oc3ccc(OCC(C)CC)cc3)cc2Cl)cc1Cl. The average molecular weight is 642 g/mol. The van der Waals surface area contributed by atoms with Gasteiger partial charge in [-0.25, -0.2) is 9.59 Å². The fraction of sp³-hybridized carbons (Fsp3) is 0.389. The van der Waals surface area contributed by atoms with Gasteiger partial charge in [-0.05, 0) is 85.8 Å². The van der Waals surface area contributed by atoms with Crippen molar-refractivity contribution in [3.05, 3.63) is 94.5 Å². The van der Waals surface area contributed by atoms with Crippen LogP contribution in [0.1, 0.15) is 92.4 Å². The minimum Gasteiger partial charge on any atom is -0.493 e. The Morgan fingerprint density at radius 3 is 1.86 bits per heavy atom. The van der Waals surface area contributed by atoms with Gasteiger partial charge in [-0.3, -0.25) is 0 Å². The highest BCUT2D eigenvalue weighted by atomic mass is 35.5. The van der Waals surface area contributed by atoms with E-state index in [0.717, 1.165) is 25.7 Å². The van der Waals surface area contributed by atoms with Gasteiger partial charge < -0.3 is 18.9 Å². The van der Waals surface area contributed by atoms with Gasteiger partial charge in [-0.2, -0.15) is 0 Å². The molecule has 3 aromatic carbocycles. The molecule has 1 atom stereocenters. The molecule has 0 aliphatic rings. The summed E-state index contributed by atoms with van der Waals surface area (Å²) in [6.07, 6.45) is 12.3. The molecule has 0 aliphatic heterocycles.